The van der Waals surface area contributed by atoms with Crippen molar-refractivity contribution < 1.29 is 14.2 Å². The van der Waals surface area contributed by atoms with Crippen LogP contribution in [0, 0.1) is 11.8 Å². The predicted octanol–water partition coefficient (Wildman–Crippen LogP) is 3.97. The second-order valence-corrected chi connectivity index (χ2v) is 7.52. The Hall–Kier alpha value is -0.900. The number of ether oxygens (including phenoxy) is 3. The zero-order valence-corrected chi connectivity index (χ0v) is 13.4. The largest absolute Gasteiger partial charge is 0.342 e. The first-order valence-corrected chi connectivity index (χ1v) is 8.78. The average Bonchev–Trinajstić information content (AvgIpc) is 2.54. The molecule has 0 amide bonds. The summed E-state index contributed by atoms with van der Waals surface area (Å²) in [6, 6.07) is 10.5. The maximum atomic E-state index is 6.69. The van der Waals surface area contributed by atoms with E-state index < -0.39 is 11.6 Å². The number of hydrogen-bond acceptors (Lipinski definition) is 3. The van der Waals surface area contributed by atoms with Gasteiger partial charge in [0.1, 0.15) is 0 Å². The van der Waals surface area contributed by atoms with E-state index >= 15 is 0 Å². The molecule has 0 aromatic heterocycles. The summed E-state index contributed by atoms with van der Waals surface area (Å²) < 4.78 is 20.0. The Morgan fingerprint density at radius 1 is 1.09 bits per heavy atom. The highest BCUT2D eigenvalue weighted by atomic mass is 16.8. The van der Waals surface area contributed by atoms with Crippen LogP contribution >= 0.6 is 0 Å². The Bertz CT molecular complexity index is 602. The molecule has 4 aliphatic heterocycles. The third-order valence-corrected chi connectivity index (χ3v) is 6.69. The number of hydrogen-bond donors (Lipinski definition) is 0. The molecule has 1 aliphatic carbocycles. The van der Waals surface area contributed by atoms with E-state index in [4.69, 9.17) is 14.2 Å². The molecule has 4 saturated heterocycles. The van der Waals surface area contributed by atoms with Crippen molar-refractivity contribution in [1.82, 2.24) is 0 Å². The van der Waals surface area contributed by atoms with E-state index in [-0.39, 0.29) is 11.7 Å². The smallest absolute Gasteiger partial charge is 0.203 e. The Kier molecular flexibility index (Phi) is 2.54. The van der Waals surface area contributed by atoms with Crippen LogP contribution in [0.3, 0.4) is 0 Å². The minimum absolute atomic E-state index is 0.0139. The lowest BCUT2D eigenvalue weighted by Gasteiger charge is -2.73. The summed E-state index contributed by atoms with van der Waals surface area (Å²) in [6.07, 6.45) is 5.61. The van der Waals surface area contributed by atoms with Crippen molar-refractivity contribution in [3.05, 3.63) is 35.9 Å². The van der Waals surface area contributed by atoms with Gasteiger partial charge in [0, 0.05) is 23.8 Å². The lowest BCUT2D eigenvalue weighted by Crippen LogP contribution is -2.79. The summed E-state index contributed by atoms with van der Waals surface area (Å²) in [7, 11) is 0. The number of fused-ring (bicyclic) bond motifs is 1. The van der Waals surface area contributed by atoms with Gasteiger partial charge in [-0.05, 0) is 32.6 Å². The average molecular weight is 300 g/mol. The van der Waals surface area contributed by atoms with E-state index in [0.717, 1.165) is 31.2 Å². The van der Waals surface area contributed by atoms with Gasteiger partial charge in [0.15, 0.2) is 5.79 Å². The SMILES string of the molecule is CC[C@@]12CC[C@@H]3[C@@](c4ccccc4)(O[C@@H](C)[C@H]4CC[C@]43O1)O2. The Labute approximate surface area is 131 Å². The van der Waals surface area contributed by atoms with Gasteiger partial charge in [-0.2, -0.15) is 0 Å². The highest BCUT2D eigenvalue weighted by molar-refractivity contribution is 5.29. The van der Waals surface area contributed by atoms with Crippen LogP contribution in [-0.4, -0.2) is 17.5 Å². The molecule has 1 saturated carbocycles. The summed E-state index contributed by atoms with van der Waals surface area (Å²) in [6.45, 7) is 4.37. The van der Waals surface area contributed by atoms with E-state index in [1.807, 2.05) is 0 Å². The fraction of sp³-hybridized carbons (Fsp3) is 0.684. The fourth-order valence-corrected chi connectivity index (χ4v) is 5.58. The molecule has 6 atom stereocenters. The van der Waals surface area contributed by atoms with Gasteiger partial charge in [0.05, 0.1) is 11.7 Å². The molecule has 1 aromatic rings. The molecular weight excluding hydrogens is 276 g/mol. The molecule has 0 radical (unpaired) electrons. The minimum atomic E-state index is -0.607. The molecule has 0 unspecified atom stereocenters. The van der Waals surface area contributed by atoms with E-state index in [1.165, 1.54) is 6.42 Å². The van der Waals surface area contributed by atoms with E-state index in [2.05, 4.69) is 44.2 Å². The molecule has 3 heteroatoms. The summed E-state index contributed by atoms with van der Waals surface area (Å²) in [5.74, 6) is -0.205. The van der Waals surface area contributed by atoms with Crippen LogP contribution in [-0.2, 0) is 20.0 Å². The quantitative estimate of drug-likeness (QED) is 0.827. The van der Waals surface area contributed by atoms with E-state index in [0.29, 0.717) is 11.8 Å². The van der Waals surface area contributed by atoms with Gasteiger partial charge in [-0.25, -0.2) is 0 Å². The van der Waals surface area contributed by atoms with Crippen LogP contribution in [0.25, 0.3) is 0 Å². The van der Waals surface area contributed by atoms with Crippen LogP contribution in [0.1, 0.15) is 51.5 Å². The van der Waals surface area contributed by atoms with Crippen LogP contribution < -0.4 is 0 Å². The maximum absolute atomic E-state index is 6.69. The minimum Gasteiger partial charge on any atom is -0.342 e. The van der Waals surface area contributed by atoms with Crippen LogP contribution in [0.5, 0.6) is 0 Å². The predicted molar refractivity (Wildman–Crippen MR) is 82.0 cm³/mol. The van der Waals surface area contributed by atoms with Crippen molar-refractivity contribution in [3.63, 3.8) is 0 Å². The van der Waals surface area contributed by atoms with E-state index in [1.54, 1.807) is 0 Å². The zero-order chi connectivity index (χ0) is 15.0. The molecular formula is C19H24O3. The first-order chi connectivity index (χ1) is 10.6. The highest BCUT2D eigenvalue weighted by Crippen LogP contribution is 2.69. The van der Waals surface area contributed by atoms with Crippen molar-refractivity contribution in [2.75, 3.05) is 0 Å². The highest BCUT2D eigenvalue weighted by Gasteiger charge is 2.75. The molecule has 0 N–H and O–H groups in total. The van der Waals surface area contributed by atoms with Gasteiger partial charge in [-0.3, -0.25) is 0 Å². The molecule has 3 nitrogen and oxygen atoms in total. The topological polar surface area (TPSA) is 27.7 Å². The van der Waals surface area contributed by atoms with Gasteiger partial charge in [-0.15, -0.1) is 0 Å². The Balaban J connectivity index is 1.70. The van der Waals surface area contributed by atoms with Crippen LogP contribution in [0.2, 0.25) is 0 Å². The molecule has 5 fully saturated rings. The second kappa shape index (κ2) is 4.14. The fourth-order valence-electron chi connectivity index (χ4n) is 5.58. The third-order valence-electron chi connectivity index (χ3n) is 6.69. The van der Waals surface area contributed by atoms with Gasteiger partial charge in [0.2, 0.25) is 5.79 Å². The zero-order valence-electron chi connectivity index (χ0n) is 13.4. The lowest BCUT2D eigenvalue weighted by molar-refractivity contribution is -0.544. The monoisotopic (exact) mass is 300 g/mol. The summed E-state index contributed by atoms with van der Waals surface area (Å²) >= 11 is 0. The van der Waals surface area contributed by atoms with Crippen molar-refractivity contribution in [3.8, 4) is 0 Å². The van der Waals surface area contributed by atoms with E-state index in [9.17, 15) is 0 Å². The van der Waals surface area contributed by atoms with Gasteiger partial charge < -0.3 is 14.2 Å². The van der Waals surface area contributed by atoms with Gasteiger partial charge >= 0.3 is 0 Å². The molecule has 5 aliphatic rings. The van der Waals surface area contributed by atoms with Gasteiger partial charge in [0.25, 0.3) is 0 Å². The second-order valence-electron chi connectivity index (χ2n) is 7.52. The van der Waals surface area contributed by atoms with Crippen LogP contribution in [0.15, 0.2) is 30.3 Å². The normalized spacial score (nSPS) is 52.0. The van der Waals surface area contributed by atoms with Crippen LogP contribution in [0.4, 0.5) is 0 Å². The van der Waals surface area contributed by atoms with Crippen molar-refractivity contribution in [1.29, 1.82) is 0 Å². The lowest BCUT2D eigenvalue weighted by atomic mass is 9.52. The Morgan fingerprint density at radius 3 is 2.59 bits per heavy atom. The summed E-state index contributed by atoms with van der Waals surface area (Å²) in [5, 5.41) is 0. The molecule has 6 rings (SSSR count). The number of benzene rings is 1. The molecule has 4 heterocycles. The molecule has 1 spiro atoms. The summed E-state index contributed by atoms with van der Waals surface area (Å²) in [4.78, 5) is 0. The first-order valence-electron chi connectivity index (χ1n) is 8.78. The Morgan fingerprint density at radius 2 is 1.91 bits per heavy atom. The molecule has 4 bridgehead atoms. The van der Waals surface area contributed by atoms with Crippen molar-refractivity contribution >= 4 is 0 Å². The molecule has 22 heavy (non-hydrogen) atoms. The first kappa shape index (κ1) is 13.5. The molecule has 118 valence electrons. The van der Waals surface area contributed by atoms with Gasteiger partial charge in [-0.1, -0.05) is 37.3 Å². The third kappa shape index (κ3) is 1.39. The number of rotatable bonds is 2. The van der Waals surface area contributed by atoms with Crippen molar-refractivity contribution in [2.45, 2.75) is 69.2 Å². The summed E-state index contributed by atoms with van der Waals surface area (Å²) in [5.41, 5.74) is 1.15. The molecule has 1 aromatic carbocycles. The maximum Gasteiger partial charge on any atom is 0.203 e. The standard InChI is InChI=1S/C19H24O3/c1-3-17-11-10-16-18(21-17)12-9-15(18)13(2)20-19(16,22-17)14-7-5-4-6-8-14/h4-8,13,15-16H,3,9-12H2,1-2H3/t13-,15+,16-,17+,18-,19-/m0/s1. The van der Waals surface area contributed by atoms with Crippen molar-refractivity contribution in [2.24, 2.45) is 11.8 Å².